The molecular formula is C16H19N3O2. The quantitative estimate of drug-likeness (QED) is 0.817. The van der Waals surface area contributed by atoms with Crippen LogP contribution in [0, 0.1) is 0 Å². The largest absolute Gasteiger partial charge is 0.480 e. The normalized spacial score (nSPS) is 11.9. The topological polar surface area (TPSA) is 75.1 Å². The van der Waals surface area contributed by atoms with E-state index in [4.69, 9.17) is 0 Å². The molecule has 1 heterocycles. The standard InChI is InChI=1S/C16H19N3O2/c1-2-3-9-13(16(20)21)18-14-10-11-17-15(19-14)12-7-5-4-6-8-12/h4-8,10-11,13H,2-3,9H2,1H3,(H,20,21)(H,17,18,19). The molecule has 2 rings (SSSR count). The molecule has 21 heavy (non-hydrogen) atoms. The molecule has 0 radical (unpaired) electrons. The number of carboxylic acid groups (broad SMARTS) is 1. The van der Waals surface area contributed by atoms with E-state index in [9.17, 15) is 9.90 Å². The molecule has 0 fully saturated rings. The first-order valence-electron chi connectivity index (χ1n) is 7.08. The number of rotatable bonds is 7. The molecule has 0 aliphatic rings. The molecule has 0 amide bonds. The van der Waals surface area contributed by atoms with Crippen LogP contribution in [-0.2, 0) is 4.79 Å². The van der Waals surface area contributed by atoms with E-state index in [1.807, 2.05) is 37.3 Å². The highest BCUT2D eigenvalue weighted by atomic mass is 16.4. The van der Waals surface area contributed by atoms with Crippen LogP contribution in [0.15, 0.2) is 42.6 Å². The van der Waals surface area contributed by atoms with Gasteiger partial charge in [-0.25, -0.2) is 14.8 Å². The van der Waals surface area contributed by atoms with Crippen LogP contribution in [0.1, 0.15) is 26.2 Å². The van der Waals surface area contributed by atoms with Gasteiger partial charge in [0.1, 0.15) is 11.9 Å². The van der Waals surface area contributed by atoms with Gasteiger partial charge in [-0.1, -0.05) is 50.1 Å². The third-order valence-corrected chi connectivity index (χ3v) is 3.15. The van der Waals surface area contributed by atoms with Crippen LogP contribution in [0.3, 0.4) is 0 Å². The summed E-state index contributed by atoms with van der Waals surface area (Å²) < 4.78 is 0. The first-order valence-corrected chi connectivity index (χ1v) is 7.08. The van der Waals surface area contributed by atoms with E-state index in [2.05, 4.69) is 15.3 Å². The van der Waals surface area contributed by atoms with E-state index in [0.29, 0.717) is 18.1 Å². The predicted octanol–water partition coefficient (Wildman–Crippen LogP) is 3.20. The number of nitrogens with one attached hydrogen (secondary N) is 1. The number of aliphatic carboxylic acids is 1. The lowest BCUT2D eigenvalue weighted by atomic mass is 10.1. The second kappa shape index (κ2) is 7.38. The second-order valence-corrected chi connectivity index (χ2v) is 4.81. The molecule has 1 unspecified atom stereocenters. The predicted molar refractivity (Wildman–Crippen MR) is 82.0 cm³/mol. The summed E-state index contributed by atoms with van der Waals surface area (Å²) in [6.45, 7) is 2.04. The zero-order chi connectivity index (χ0) is 15.1. The van der Waals surface area contributed by atoms with Crippen molar-refractivity contribution in [3.63, 3.8) is 0 Å². The Bertz CT molecular complexity index is 587. The van der Waals surface area contributed by atoms with Crippen molar-refractivity contribution in [2.75, 3.05) is 5.32 Å². The summed E-state index contributed by atoms with van der Waals surface area (Å²) >= 11 is 0. The van der Waals surface area contributed by atoms with Crippen LogP contribution in [-0.4, -0.2) is 27.1 Å². The molecule has 1 aromatic heterocycles. The Morgan fingerprint density at radius 3 is 2.71 bits per heavy atom. The Morgan fingerprint density at radius 1 is 1.29 bits per heavy atom. The van der Waals surface area contributed by atoms with Crippen LogP contribution in [0.25, 0.3) is 11.4 Å². The summed E-state index contributed by atoms with van der Waals surface area (Å²) in [7, 11) is 0. The molecular weight excluding hydrogens is 266 g/mol. The molecule has 110 valence electrons. The van der Waals surface area contributed by atoms with Crippen LogP contribution in [0.4, 0.5) is 5.82 Å². The molecule has 0 saturated heterocycles. The van der Waals surface area contributed by atoms with Gasteiger partial charge in [0.05, 0.1) is 0 Å². The van der Waals surface area contributed by atoms with Crippen molar-refractivity contribution < 1.29 is 9.90 Å². The monoisotopic (exact) mass is 285 g/mol. The van der Waals surface area contributed by atoms with Crippen molar-refractivity contribution in [3.8, 4) is 11.4 Å². The van der Waals surface area contributed by atoms with Crippen molar-refractivity contribution in [1.29, 1.82) is 0 Å². The van der Waals surface area contributed by atoms with E-state index in [0.717, 1.165) is 18.4 Å². The minimum Gasteiger partial charge on any atom is -0.480 e. The smallest absolute Gasteiger partial charge is 0.326 e. The van der Waals surface area contributed by atoms with Crippen molar-refractivity contribution in [2.45, 2.75) is 32.2 Å². The lowest BCUT2D eigenvalue weighted by Crippen LogP contribution is -2.29. The zero-order valence-electron chi connectivity index (χ0n) is 12.0. The molecule has 1 atom stereocenters. The molecule has 5 heteroatoms. The third-order valence-electron chi connectivity index (χ3n) is 3.15. The van der Waals surface area contributed by atoms with E-state index >= 15 is 0 Å². The zero-order valence-corrected chi connectivity index (χ0v) is 12.0. The fourth-order valence-corrected chi connectivity index (χ4v) is 2.01. The number of anilines is 1. The van der Waals surface area contributed by atoms with Crippen LogP contribution in [0.5, 0.6) is 0 Å². The van der Waals surface area contributed by atoms with Gasteiger partial charge in [-0.2, -0.15) is 0 Å². The number of carbonyl (C=O) groups is 1. The SMILES string of the molecule is CCCCC(Nc1ccnc(-c2ccccc2)n1)C(=O)O. The fraction of sp³-hybridized carbons (Fsp3) is 0.312. The maximum atomic E-state index is 11.3. The van der Waals surface area contributed by atoms with Gasteiger partial charge in [0, 0.05) is 11.8 Å². The summed E-state index contributed by atoms with van der Waals surface area (Å²) in [5, 5.41) is 12.2. The Morgan fingerprint density at radius 2 is 2.05 bits per heavy atom. The van der Waals surface area contributed by atoms with E-state index in [-0.39, 0.29) is 0 Å². The summed E-state index contributed by atoms with van der Waals surface area (Å²) in [4.78, 5) is 19.9. The third kappa shape index (κ3) is 4.27. The molecule has 0 spiro atoms. The molecule has 2 aromatic rings. The first-order chi connectivity index (χ1) is 10.2. The number of hydrogen-bond donors (Lipinski definition) is 2. The van der Waals surface area contributed by atoms with Crippen LogP contribution in [0.2, 0.25) is 0 Å². The summed E-state index contributed by atoms with van der Waals surface area (Å²) in [5.41, 5.74) is 0.904. The number of carboxylic acids is 1. The number of benzene rings is 1. The highest BCUT2D eigenvalue weighted by Crippen LogP contribution is 2.16. The van der Waals surface area contributed by atoms with Gasteiger partial charge in [0.25, 0.3) is 0 Å². The highest BCUT2D eigenvalue weighted by molar-refractivity contribution is 5.76. The van der Waals surface area contributed by atoms with Crippen molar-refractivity contribution >= 4 is 11.8 Å². The van der Waals surface area contributed by atoms with Gasteiger partial charge in [-0.05, 0) is 12.5 Å². The fourth-order valence-electron chi connectivity index (χ4n) is 2.01. The van der Waals surface area contributed by atoms with Crippen LogP contribution >= 0.6 is 0 Å². The summed E-state index contributed by atoms with van der Waals surface area (Å²) in [6, 6.07) is 10.7. The van der Waals surface area contributed by atoms with Gasteiger partial charge >= 0.3 is 5.97 Å². The van der Waals surface area contributed by atoms with Gasteiger partial charge in [0.2, 0.25) is 0 Å². The van der Waals surface area contributed by atoms with E-state index < -0.39 is 12.0 Å². The number of unbranched alkanes of at least 4 members (excludes halogenated alkanes) is 1. The van der Waals surface area contributed by atoms with Crippen molar-refractivity contribution in [1.82, 2.24) is 9.97 Å². The van der Waals surface area contributed by atoms with Crippen molar-refractivity contribution in [3.05, 3.63) is 42.6 Å². The second-order valence-electron chi connectivity index (χ2n) is 4.81. The molecule has 0 aliphatic carbocycles. The highest BCUT2D eigenvalue weighted by Gasteiger charge is 2.17. The summed E-state index contributed by atoms with van der Waals surface area (Å²) in [6.07, 6.45) is 4.04. The van der Waals surface area contributed by atoms with Gasteiger partial charge < -0.3 is 10.4 Å². The average molecular weight is 285 g/mol. The van der Waals surface area contributed by atoms with Gasteiger partial charge in [-0.15, -0.1) is 0 Å². The van der Waals surface area contributed by atoms with E-state index in [1.54, 1.807) is 12.3 Å². The molecule has 0 aliphatic heterocycles. The number of aromatic nitrogens is 2. The first kappa shape index (κ1) is 15.0. The minimum absolute atomic E-state index is 0.535. The Balaban J connectivity index is 2.15. The minimum atomic E-state index is -0.858. The number of nitrogens with zero attached hydrogens (tertiary/aromatic N) is 2. The molecule has 1 aromatic carbocycles. The molecule has 2 N–H and O–H groups in total. The maximum absolute atomic E-state index is 11.3. The average Bonchev–Trinajstić information content (AvgIpc) is 2.52. The number of hydrogen-bond acceptors (Lipinski definition) is 4. The molecule has 0 bridgehead atoms. The Hall–Kier alpha value is -2.43. The molecule has 5 nitrogen and oxygen atoms in total. The van der Waals surface area contributed by atoms with Crippen molar-refractivity contribution in [2.24, 2.45) is 0 Å². The lowest BCUT2D eigenvalue weighted by molar-refractivity contribution is -0.138. The lowest BCUT2D eigenvalue weighted by Gasteiger charge is -2.15. The Kier molecular flexibility index (Phi) is 5.26. The Labute approximate surface area is 124 Å². The van der Waals surface area contributed by atoms with Gasteiger partial charge in [-0.3, -0.25) is 0 Å². The maximum Gasteiger partial charge on any atom is 0.326 e. The molecule has 0 saturated carbocycles. The van der Waals surface area contributed by atoms with E-state index in [1.165, 1.54) is 0 Å². The van der Waals surface area contributed by atoms with Gasteiger partial charge in [0.15, 0.2) is 5.82 Å². The summed E-state index contributed by atoms with van der Waals surface area (Å²) in [5.74, 6) is 0.260. The van der Waals surface area contributed by atoms with Crippen LogP contribution < -0.4 is 5.32 Å².